The molecule has 5 aromatic rings. The van der Waals surface area contributed by atoms with Gasteiger partial charge in [0, 0.05) is 49.1 Å². The van der Waals surface area contributed by atoms with Crippen molar-refractivity contribution in [2.45, 2.75) is 13.0 Å². The number of aromatic nitrogens is 4. The number of amides is 1. The SMILES string of the molecule is CN(C)C(=O)Cc1ccc(-c2nnc(-c3ccc(F)cc3OCc3ncccn3)c3sccc23)cc1. The second-order valence-corrected chi connectivity index (χ2v) is 9.23. The number of halogens is 1. The fourth-order valence-corrected chi connectivity index (χ4v) is 4.63. The molecule has 3 heterocycles. The van der Waals surface area contributed by atoms with Crippen molar-refractivity contribution in [1.29, 1.82) is 0 Å². The lowest BCUT2D eigenvalue weighted by molar-refractivity contribution is -0.127. The number of likely N-dealkylation sites (N-methyl/N-ethyl adjacent to an activating group) is 1. The first-order chi connectivity index (χ1) is 17.5. The molecule has 0 spiro atoms. The third-order valence-electron chi connectivity index (χ3n) is 5.64. The van der Waals surface area contributed by atoms with Gasteiger partial charge in [-0.25, -0.2) is 14.4 Å². The van der Waals surface area contributed by atoms with Gasteiger partial charge in [-0.3, -0.25) is 4.79 Å². The Morgan fingerprint density at radius 3 is 2.50 bits per heavy atom. The maximum Gasteiger partial charge on any atom is 0.226 e. The summed E-state index contributed by atoms with van der Waals surface area (Å²) >= 11 is 1.53. The van der Waals surface area contributed by atoms with E-state index in [2.05, 4.69) is 20.2 Å². The summed E-state index contributed by atoms with van der Waals surface area (Å²) in [5.74, 6) is 0.464. The molecule has 0 aliphatic carbocycles. The number of ether oxygens (including phenoxy) is 1. The van der Waals surface area contributed by atoms with Crippen molar-refractivity contribution < 1.29 is 13.9 Å². The van der Waals surface area contributed by atoms with E-state index in [0.29, 0.717) is 29.3 Å². The van der Waals surface area contributed by atoms with Crippen LogP contribution in [0.2, 0.25) is 0 Å². The first kappa shape index (κ1) is 23.5. The molecule has 9 heteroatoms. The molecule has 0 unspecified atom stereocenters. The van der Waals surface area contributed by atoms with Crippen LogP contribution in [0.1, 0.15) is 11.4 Å². The molecule has 0 radical (unpaired) electrons. The van der Waals surface area contributed by atoms with Crippen LogP contribution in [0.5, 0.6) is 5.75 Å². The van der Waals surface area contributed by atoms with Crippen LogP contribution in [0.25, 0.3) is 32.6 Å². The minimum Gasteiger partial charge on any atom is -0.485 e. The molecule has 0 fully saturated rings. The summed E-state index contributed by atoms with van der Waals surface area (Å²) in [4.78, 5) is 21.9. The van der Waals surface area contributed by atoms with E-state index >= 15 is 0 Å². The van der Waals surface area contributed by atoms with E-state index in [1.807, 2.05) is 35.7 Å². The predicted molar refractivity (Wildman–Crippen MR) is 137 cm³/mol. The Labute approximate surface area is 211 Å². The van der Waals surface area contributed by atoms with Gasteiger partial charge >= 0.3 is 0 Å². The van der Waals surface area contributed by atoms with Crippen molar-refractivity contribution in [3.05, 3.63) is 89.6 Å². The monoisotopic (exact) mass is 499 g/mol. The van der Waals surface area contributed by atoms with Crippen LogP contribution in [0, 0.1) is 5.82 Å². The average Bonchev–Trinajstić information content (AvgIpc) is 3.38. The van der Waals surface area contributed by atoms with Crippen LogP contribution >= 0.6 is 11.3 Å². The standard InChI is InChI=1S/C27H22FN5O2S/c1-33(2)24(34)14-17-4-6-18(7-5-17)25-21-10-13-36-27(21)26(32-31-25)20-9-8-19(28)15-22(20)35-16-23-29-11-3-12-30-23/h3-13,15H,14,16H2,1-2H3. The van der Waals surface area contributed by atoms with Gasteiger partial charge in [0.05, 0.1) is 11.1 Å². The van der Waals surface area contributed by atoms with Crippen LogP contribution < -0.4 is 4.74 Å². The zero-order valence-electron chi connectivity index (χ0n) is 19.7. The molecular formula is C27H22FN5O2S. The quantitative estimate of drug-likeness (QED) is 0.308. The second-order valence-electron chi connectivity index (χ2n) is 8.32. The van der Waals surface area contributed by atoms with E-state index < -0.39 is 5.82 Å². The van der Waals surface area contributed by atoms with Gasteiger partial charge in [-0.1, -0.05) is 24.3 Å². The van der Waals surface area contributed by atoms with Crippen LogP contribution in [0.15, 0.2) is 72.4 Å². The number of hydrogen-bond donors (Lipinski definition) is 0. The van der Waals surface area contributed by atoms with Crippen molar-refractivity contribution in [3.63, 3.8) is 0 Å². The Kier molecular flexibility index (Phi) is 6.64. The molecule has 0 aliphatic rings. The molecule has 0 saturated heterocycles. The lowest BCUT2D eigenvalue weighted by atomic mass is 10.0. The van der Waals surface area contributed by atoms with Crippen molar-refractivity contribution >= 4 is 27.3 Å². The van der Waals surface area contributed by atoms with E-state index in [9.17, 15) is 9.18 Å². The van der Waals surface area contributed by atoms with Crippen molar-refractivity contribution in [3.8, 4) is 28.3 Å². The first-order valence-electron chi connectivity index (χ1n) is 11.2. The van der Waals surface area contributed by atoms with E-state index in [0.717, 1.165) is 26.9 Å². The maximum absolute atomic E-state index is 14.1. The highest BCUT2D eigenvalue weighted by molar-refractivity contribution is 7.17. The molecule has 0 bridgehead atoms. The maximum atomic E-state index is 14.1. The largest absolute Gasteiger partial charge is 0.485 e. The predicted octanol–water partition coefficient (Wildman–Crippen LogP) is 5.16. The highest BCUT2D eigenvalue weighted by Crippen LogP contribution is 2.39. The highest BCUT2D eigenvalue weighted by Gasteiger charge is 2.18. The Balaban J connectivity index is 1.48. The number of nitrogens with zero attached hydrogens (tertiary/aromatic N) is 5. The number of rotatable bonds is 7. The molecule has 7 nitrogen and oxygen atoms in total. The number of thiophene rings is 1. The molecule has 0 atom stereocenters. The Morgan fingerprint density at radius 2 is 1.75 bits per heavy atom. The summed E-state index contributed by atoms with van der Waals surface area (Å²) in [5, 5.41) is 12.0. The summed E-state index contributed by atoms with van der Waals surface area (Å²) < 4.78 is 20.9. The number of hydrogen-bond acceptors (Lipinski definition) is 7. The van der Waals surface area contributed by atoms with Crippen molar-refractivity contribution in [2.75, 3.05) is 14.1 Å². The topological polar surface area (TPSA) is 81.1 Å². The highest BCUT2D eigenvalue weighted by atomic mass is 32.1. The Morgan fingerprint density at radius 1 is 1.00 bits per heavy atom. The third-order valence-corrected chi connectivity index (χ3v) is 6.56. The van der Waals surface area contributed by atoms with Crippen LogP contribution in [0.4, 0.5) is 4.39 Å². The molecule has 0 saturated carbocycles. The van der Waals surface area contributed by atoms with E-state index in [1.54, 1.807) is 43.5 Å². The van der Waals surface area contributed by atoms with Crippen LogP contribution in [0.3, 0.4) is 0 Å². The number of carbonyl (C=O) groups excluding carboxylic acids is 1. The van der Waals surface area contributed by atoms with Crippen LogP contribution in [-0.2, 0) is 17.8 Å². The summed E-state index contributed by atoms with van der Waals surface area (Å²) in [5.41, 5.74) is 3.81. The fraction of sp³-hybridized carbons (Fsp3) is 0.148. The molecule has 1 amide bonds. The minimum absolute atomic E-state index is 0.0447. The van der Waals surface area contributed by atoms with E-state index in [4.69, 9.17) is 4.74 Å². The van der Waals surface area contributed by atoms with Gasteiger partial charge in [-0.05, 0) is 35.2 Å². The van der Waals surface area contributed by atoms with Gasteiger partial charge in [0.1, 0.15) is 29.6 Å². The van der Waals surface area contributed by atoms with Gasteiger partial charge in [0.15, 0.2) is 5.82 Å². The molecule has 2 aromatic carbocycles. The minimum atomic E-state index is -0.414. The third kappa shape index (κ3) is 4.92. The van der Waals surface area contributed by atoms with E-state index in [1.165, 1.54) is 23.5 Å². The summed E-state index contributed by atoms with van der Waals surface area (Å²) in [6.07, 6.45) is 3.60. The molecule has 5 rings (SSSR count). The van der Waals surface area contributed by atoms with Gasteiger partial charge in [-0.2, -0.15) is 0 Å². The van der Waals surface area contributed by atoms with Crippen molar-refractivity contribution in [1.82, 2.24) is 25.1 Å². The molecule has 0 aliphatic heterocycles. The Hall–Kier alpha value is -4.24. The zero-order chi connectivity index (χ0) is 25.1. The van der Waals surface area contributed by atoms with E-state index in [-0.39, 0.29) is 12.5 Å². The molecule has 36 heavy (non-hydrogen) atoms. The lowest BCUT2D eigenvalue weighted by Crippen LogP contribution is -2.23. The summed E-state index contributed by atoms with van der Waals surface area (Å²) in [6, 6.07) is 15.8. The normalized spacial score (nSPS) is 11.0. The molecule has 180 valence electrons. The Bertz CT molecular complexity index is 1520. The van der Waals surface area contributed by atoms with Gasteiger partial charge in [-0.15, -0.1) is 21.5 Å². The fourth-order valence-electron chi connectivity index (χ4n) is 3.74. The summed E-state index contributed by atoms with van der Waals surface area (Å²) in [6.45, 7) is 0.0963. The molecular weight excluding hydrogens is 477 g/mol. The van der Waals surface area contributed by atoms with Crippen LogP contribution in [-0.4, -0.2) is 45.1 Å². The lowest BCUT2D eigenvalue weighted by Gasteiger charge is -2.13. The smallest absolute Gasteiger partial charge is 0.226 e. The van der Waals surface area contributed by atoms with Gasteiger partial charge in [0.25, 0.3) is 0 Å². The van der Waals surface area contributed by atoms with Gasteiger partial charge in [0.2, 0.25) is 5.91 Å². The number of carbonyl (C=O) groups is 1. The van der Waals surface area contributed by atoms with Gasteiger partial charge < -0.3 is 9.64 Å². The summed E-state index contributed by atoms with van der Waals surface area (Å²) in [7, 11) is 3.49. The average molecular weight is 500 g/mol. The molecule has 0 N–H and O–H groups in total. The number of fused-ring (bicyclic) bond motifs is 1. The number of benzene rings is 2. The molecule has 3 aromatic heterocycles. The first-order valence-corrected chi connectivity index (χ1v) is 12.1. The van der Waals surface area contributed by atoms with Crippen molar-refractivity contribution in [2.24, 2.45) is 0 Å². The zero-order valence-corrected chi connectivity index (χ0v) is 20.5. The second kappa shape index (κ2) is 10.2.